The SMILES string of the molecule is Cc1nccc(-c2nc(-c3ccc(CC(=O)O)s3)cs2)n1. The Morgan fingerprint density at radius 1 is 1.24 bits per heavy atom. The molecule has 3 aromatic rings. The predicted octanol–water partition coefficient (Wildman–Crippen LogP) is 3.26. The minimum absolute atomic E-state index is 0.0484. The fourth-order valence-electron chi connectivity index (χ4n) is 1.84. The van der Waals surface area contributed by atoms with Gasteiger partial charge in [-0.15, -0.1) is 22.7 Å². The van der Waals surface area contributed by atoms with Crippen LogP contribution in [0.4, 0.5) is 0 Å². The fourth-order valence-corrected chi connectivity index (χ4v) is 3.66. The van der Waals surface area contributed by atoms with Gasteiger partial charge in [-0.2, -0.15) is 0 Å². The summed E-state index contributed by atoms with van der Waals surface area (Å²) >= 11 is 2.97. The van der Waals surface area contributed by atoms with E-state index in [-0.39, 0.29) is 6.42 Å². The van der Waals surface area contributed by atoms with Crippen molar-refractivity contribution in [1.29, 1.82) is 0 Å². The Hall–Kier alpha value is -2.12. The average molecular weight is 317 g/mol. The molecule has 3 aromatic heterocycles. The molecule has 106 valence electrons. The van der Waals surface area contributed by atoms with Gasteiger partial charge in [-0.25, -0.2) is 15.0 Å². The maximum atomic E-state index is 10.7. The first kappa shape index (κ1) is 13.8. The van der Waals surface area contributed by atoms with Gasteiger partial charge in [0.1, 0.15) is 16.5 Å². The normalized spacial score (nSPS) is 10.7. The number of hydrogen-bond donors (Lipinski definition) is 1. The fraction of sp³-hybridized carbons (Fsp3) is 0.143. The smallest absolute Gasteiger partial charge is 0.308 e. The van der Waals surface area contributed by atoms with Crippen molar-refractivity contribution < 1.29 is 9.90 Å². The second-order valence-corrected chi connectivity index (χ2v) is 6.39. The van der Waals surface area contributed by atoms with Gasteiger partial charge < -0.3 is 5.11 Å². The van der Waals surface area contributed by atoms with E-state index in [4.69, 9.17) is 5.11 Å². The van der Waals surface area contributed by atoms with Gasteiger partial charge in [0, 0.05) is 16.5 Å². The quantitative estimate of drug-likeness (QED) is 0.799. The van der Waals surface area contributed by atoms with Crippen molar-refractivity contribution in [2.24, 2.45) is 0 Å². The highest BCUT2D eigenvalue weighted by Gasteiger charge is 2.11. The number of hydrogen-bond acceptors (Lipinski definition) is 6. The van der Waals surface area contributed by atoms with Gasteiger partial charge in [0.2, 0.25) is 0 Å². The lowest BCUT2D eigenvalue weighted by atomic mass is 10.3. The highest BCUT2D eigenvalue weighted by molar-refractivity contribution is 7.16. The molecule has 1 N–H and O–H groups in total. The maximum absolute atomic E-state index is 10.7. The number of aryl methyl sites for hydroxylation is 1. The Balaban J connectivity index is 1.88. The second kappa shape index (κ2) is 5.71. The van der Waals surface area contributed by atoms with Crippen molar-refractivity contribution in [2.45, 2.75) is 13.3 Å². The lowest BCUT2D eigenvalue weighted by molar-refractivity contribution is -0.136. The van der Waals surface area contributed by atoms with E-state index < -0.39 is 5.97 Å². The lowest BCUT2D eigenvalue weighted by Crippen LogP contribution is -1.96. The van der Waals surface area contributed by atoms with Crippen molar-refractivity contribution in [3.8, 4) is 21.3 Å². The summed E-state index contributed by atoms with van der Waals surface area (Å²) in [5.41, 5.74) is 1.66. The number of carboxylic acids is 1. The number of rotatable bonds is 4. The van der Waals surface area contributed by atoms with E-state index >= 15 is 0 Å². The van der Waals surface area contributed by atoms with Gasteiger partial charge in [0.15, 0.2) is 0 Å². The molecule has 0 spiro atoms. The number of aromatic nitrogens is 3. The van der Waals surface area contributed by atoms with Crippen molar-refractivity contribution in [1.82, 2.24) is 15.0 Å². The summed E-state index contributed by atoms with van der Waals surface area (Å²) in [6.45, 7) is 1.84. The summed E-state index contributed by atoms with van der Waals surface area (Å²) < 4.78 is 0. The van der Waals surface area contributed by atoms with E-state index in [2.05, 4.69) is 15.0 Å². The molecule has 0 fully saturated rings. The van der Waals surface area contributed by atoms with Gasteiger partial charge in [-0.3, -0.25) is 4.79 Å². The van der Waals surface area contributed by atoms with E-state index in [9.17, 15) is 4.79 Å². The third-order valence-corrected chi connectivity index (χ3v) is 4.71. The zero-order valence-corrected chi connectivity index (χ0v) is 12.7. The Bertz CT molecular complexity index is 795. The molecular formula is C14H11N3O2S2. The summed E-state index contributed by atoms with van der Waals surface area (Å²) in [6, 6.07) is 5.58. The first-order valence-corrected chi connectivity index (χ1v) is 7.88. The molecular weight excluding hydrogens is 306 g/mol. The number of nitrogens with zero attached hydrogens (tertiary/aromatic N) is 3. The van der Waals surface area contributed by atoms with Crippen LogP contribution in [-0.4, -0.2) is 26.0 Å². The van der Waals surface area contributed by atoms with Crippen LogP contribution >= 0.6 is 22.7 Å². The Labute approximate surface area is 129 Å². The molecule has 3 rings (SSSR count). The van der Waals surface area contributed by atoms with Crippen LogP contribution in [0.3, 0.4) is 0 Å². The molecule has 0 aliphatic rings. The summed E-state index contributed by atoms with van der Waals surface area (Å²) in [5.74, 6) is -0.108. The van der Waals surface area contributed by atoms with Gasteiger partial charge in [-0.05, 0) is 25.1 Å². The van der Waals surface area contributed by atoms with Crippen LogP contribution in [0.25, 0.3) is 21.3 Å². The van der Waals surface area contributed by atoms with Crippen molar-refractivity contribution in [3.63, 3.8) is 0 Å². The van der Waals surface area contributed by atoms with Crippen LogP contribution in [0.1, 0.15) is 10.7 Å². The second-order valence-electron chi connectivity index (χ2n) is 4.36. The Kier molecular flexibility index (Phi) is 3.76. The zero-order valence-electron chi connectivity index (χ0n) is 11.1. The standard InChI is InChI=1S/C14H11N3O2S2/c1-8-15-5-4-10(16-8)14-17-11(7-20-14)12-3-2-9(21-12)6-13(18)19/h2-5,7H,6H2,1H3,(H,18,19). The third kappa shape index (κ3) is 3.14. The first-order valence-electron chi connectivity index (χ1n) is 6.18. The van der Waals surface area contributed by atoms with E-state index in [1.54, 1.807) is 6.20 Å². The predicted molar refractivity (Wildman–Crippen MR) is 82.5 cm³/mol. The van der Waals surface area contributed by atoms with E-state index in [1.165, 1.54) is 22.7 Å². The highest BCUT2D eigenvalue weighted by atomic mass is 32.1. The minimum atomic E-state index is -0.821. The molecule has 0 radical (unpaired) electrons. The molecule has 0 saturated carbocycles. The topological polar surface area (TPSA) is 76.0 Å². The van der Waals surface area contributed by atoms with Gasteiger partial charge in [0.05, 0.1) is 17.0 Å². The van der Waals surface area contributed by atoms with Crippen molar-refractivity contribution in [3.05, 3.63) is 40.5 Å². The number of carboxylic acid groups (broad SMARTS) is 1. The van der Waals surface area contributed by atoms with Crippen molar-refractivity contribution >= 4 is 28.6 Å². The van der Waals surface area contributed by atoms with Crippen molar-refractivity contribution in [2.75, 3.05) is 0 Å². The van der Waals surface area contributed by atoms with Crippen LogP contribution in [0.15, 0.2) is 29.8 Å². The Morgan fingerprint density at radius 3 is 2.86 bits per heavy atom. The molecule has 0 bridgehead atoms. The molecule has 21 heavy (non-hydrogen) atoms. The molecule has 7 heteroatoms. The summed E-state index contributed by atoms with van der Waals surface area (Å²) in [7, 11) is 0. The lowest BCUT2D eigenvalue weighted by Gasteiger charge is -1.95. The van der Waals surface area contributed by atoms with Crippen LogP contribution < -0.4 is 0 Å². The summed E-state index contributed by atoms with van der Waals surface area (Å²) in [6.07, 6.45) is 1.77. The van der Waals surface area contributed by atoms with Gasteiger partial charge in [0.25, 0.3) is 0 Å². The maximum Gasteiger partial charge on any atom is 0.308 e. The summed E-state index contributed by atoms with van der Waals surface area (Å²) in [4.78, 5) is 25.5. The zero-order chi connectivity index (χ0) is 14.8. The third-order valence-electron chi connectivity index (χ3n) is 2.74. The van der Waals surface area contributed by atoms with Crippen LogP contribution in [0.5, 0.6) is 0 Å². The molecule has 0 unspecified atom stereocenters. The molecule has 0 aliphatic heterocycles. The summed E-state index contributed by atoms with van der Waals surface area (Å²) in [5, 5.41) is 11.6. The average Bonchev–Trinajstić information content (AvgIpc) is 3.06. The highest BCUT2D eigenvalue weighted by Crippen LogP contribution is 2.32. The monoisotopic (exact) mass is 317 g/mol. The van der Waals surface area contributed by atoms with Gasteiger partial charge >= 0.3 is 5.97 Å². The van der Waals surface area contributed by atoms with Crippen LogP contribution in [0.2, 0.25) is 0 Å². The Morgan fingerprint density at radius 2 is 2.10 bits per heavy atom. The van der Waals surface area contributed by atoms with Gasteiger partial charge in [-0.1, -0.05) is 0 Å². The van der Waals surface area contributed by atoms with Crippen LogP contribution in [0, 0.1) is 6.92 Å². The van der Waals surface area contributed by atoms with Crippen LogP contribution in [-0.2, 0) is 11.2 Å². The molecule has 0 aliphatic carbocycles. The van der Waals surface area contributed by atoms with E-state index in [0.717, 1.165) is 26.1 Å². The number of thiazole rings is 1. The first-order chi connectivity index (χ1) is 10.1. The number of thiophene rings is 1. The molecule has 3 heterocycles. The molecule has 0 atom stereocenters. The number of aliphatic carboxylic acids is 1. The largest absolute Gasteiger partial charge is 0.481 e. The van der Waals surface area contributed by atoms with E-state index in [0.29, 0.717) is 5.82 Å². The number of carbonyl (C=O) groups is 1. The minimum Gasteiger partial charge on any atom is -0.481 e. The molecule has 5 nitrogen and oxygen atoms in total. The molecule has 0 aromatic carbocycles. The molecule has 0 amide bonds. The molecule has 0 saturated heterocycles. The van der Waals surface area contributed by atoms with E-state index in [1.807, 2.05) is 30.5 Å².